The van der Waals surface area contributed by atoms with Gasteiger partial charge >= 0.3 is 6.03 Å². The maximum Gasteiger partial charge on any atom is 0.315 e. The van der Waals surface area contributed by atoms with Crippen LogP contribution in [0.25, 0.3) is 0 Å². The van der Waals surface area contributed by atoms with Gasteiger partial charge in [-0.15, -0.1) is 0 Å². The van der Waals surface area contributed by atoms with Crippen LogP contribution in [0.5, 0.6) is 0 Å². The lowest BCUT2D eigenvalue weighted by atomic mass is 10.2. The van der Waals surface area contributed by atoms with Gasteiger partial charge in [0.05, 0.1) is 0 Å². The van der Waals surface area contributed by atoms with Gasteiger partial charge in [0.25, 0.3) is 0 Å². The molecule has 0 radical (unpaired) electrons. The van der Waals surface area contributed by atoms with Crippen LogP contribution in [-0.2, 0) is 0 Å². The highest BCUT2D eigenvalue weighted by Crippen LogP contribution is 2.27. The number of hydrogen-bond donors (Lipinski definition) is 3. The van der Waals surface area contributed by atoms with Crippen molar-refractivity contribution in [2.45, 2.75) is 38.6 Å². The lowest BCUT2D eigenvalue weighted by Crippen LogP contribution is -2.41. The molecule has 1 fully saturated rings. The summed E-state index contributed by atoms with van der Waals surface area (Å²) in [5.74, 6) is 0.726. The summed E-state index contributed by atoms with van der Waals surface area (Å²) in [6.45, 7) is 4.83. The van der Waals surface area contributed by atoms with Gasteiger partial charge < -0.3 is 16.0 Å². The van der Waals surface area contributed by atoms with E-state index < -0.39 is 0 Å². The first kappa shape index (κ1) is 14.1. The van der Waals surface area contributed by atoms with Crippen LogP contribution in [-0.4, -0.2) is 31.7 Å². The summed E-state index contributed by atoms with van der Waals surface area (Å²) in [5.41, 5.74) is 1.31. The number of amides is 2. The van der Waals surface area contributed by atoms with Crippen LogP contribution in [0.4, 0.5) is 4.79 Å². The van der Waals surface area contributed by atoms with E-state index in [1.54, 1.807) is 0 Å². The number of carbonyl (C=O) groups excluding carboxylic acids is 1. The highest BCUT2D eigenvalue weighted by Gasteiger charge is 2.21. The minimum absolute atomic E-state index is 0.0308. The van der Waals surface area contributed by atoms with Crippen molar-refractivity contribution in [2.75, 3.05) is 19.6 Å². The van der Waals surface area contributed by atoms with E-state index in [9.17, 15) is 4.79 Å². The summed E-state index contributed by atoms with van der Waals surface area (Å²) >= 11 is 0. The van der Waals surface area contributed by atoms with Crippen LogP contribution in [0, 0.1) is 5.92 Å². The monoisotopic (exact) mass is 263 g/mol. The fourth-order valence-corrected chi connectivity index (χ4v) is 2.15. The first-order valence-corrected chi connectivity index (χ1v) is 7.40. The fourth-order valence-electron chi connectivity index (χ4n) is 2.15. The van der Waals surface area contributed by atoms with E-state index in [-0.39, 0.29) is 12.1 Å². The molecule has 0 heterocycles. The van der Waals surface area contributed by atoms with Crippen molar-refractivity contribution in [3.05, 3.63) is 23.8 Å². The Morgan fingerprint density at radius 2 is 2.21 bits per heavy atom. The molecule has 0 spiro atoms. The molecular formula is C15H25N3O. The van der Waals surface area contributed by atoms with Gasteiger partial charge in [-0.1, -0.05) is 25.2 Å². The Labute approximate surface area is 115 Å². The summed E-state index contributed by atoms with van der Waals surface area (Å²) in [4.78, 5) is 11.7. The molecule has 2 aliphatic carbocycles. The Hall–Kier alpha value is -1.29. The largest absolute Gasteiger partial charge is 0.338 e. The van der Waals surface area contributed by atoms with Gasteiger partial charge in [0.1, 0.15) is 0 Å². The zero-order valence-corrected chi connectivity index (χ0v) is 11.7. The van der Waals surface area contributed by atoms with Crippen molar-refractivity contribution >= 4 is 6.03 Å². The lowest BCUT2D eigenvalue weighted by molar-refractivity contribution is 0.238. The standard InChI is InChI=1S/C15H25N3O/c1-2-16-10-12-4-3-5-14(9-8-12)18-15(19)17-11-13-6-7-13/h4,8-9,13-14,16H,2-3,5-7,10-11H2,1H3,(H2,17,18,19). The molecule has 4 heteroatoms. The Balaban J connectivity index is 1.70. The van der Waals surface area contributed by atoms with Gasteiger partial charge in [-0.05, 0) is 43.7 Å². The molecule has 0 saturated heterocycles. The molecule has 1 atom stereocenters. The lowest BCUT2D eigenvalue weighted by Gasteiger charge is -2.14. The van der Waals surface area contributed by atoms with Gasteiger partial charge in [-0.3, -0.25) is 0 Å². The number of hydrogen-bond acceptors (Lipinski definition) is 2. The van der Waals surface area contributed by atoms with Gasteiger partial charge in [-0.25, -0.2) is 4.79 Å². The van der Waals surface area contributed by atoms with Gasteiger partial charge in [0.2, 0.25) is 0 Å². The average molecular weight is 263 g/mol. The Bertz CT molecular complexity index is 358. The third kappa shape index (κ3) is 5.47. The van der Waals surface area contributed by atoms with Crippen molar-refractivity contribution < 1.29 is 4.79 Å². The molecular weight excluding hydrogens is 238 g/mol. The SMILES string of the molecule is CCNCC1=CCCC(NC(=O)NCC2CC2)C=C1. The molecule has 19 heavy (non-hydrogen) atoms. The minimum atomic E-state index is -0.0308. The molecule has 1 unspecified atom stereocenters. The Morgan fingerprint density at radius 1 is 1.37 bits per heavy atom. The van der Waals surface area contributed by atoms with Crippen molar-refractivity contribution in [3.63, 3.8) is 0 Å². The number of nitrogens with one attached hydrogen (secondary N) is 3. The zero-order chi connectivity index (χ0) is 13.5. The molecule has 0 bridgehead atoms. The van der Waals surface area contributed by atoms with Crippen molar-refractivity contribution in [2.24, 2.45) is 5.92 Å². The van der Waals surface area contributed by atoms with Crippen LogP contribution in [0.15, 0.2) is 23.8 Å². The topological polar surface area (TPSA) is 53.2 Å². The molecule has 4 nitrogen and oxygen atoms in total. The number of urea groups is 1. The smallest absolute Gasteiger partial charge is 0.315 e. The summed E-state index contributed by atoms with van der Waals surface area (Å²) in [5, 5.41) is 9.29. The van der Waals surface area contributed by atoms with E-state index in [4.69, 9.17) is 0 Å². The molecule has 106 valence electrons. The molecule has 2 amide bonds. The molecule has 0 aromatic carbocycles. The second-order valence-corrected chi connectivity index (χ2v) is 5.40. The number of allylic oxidation sites excluding steroid dienone is 1. The highest BCUT2D eigenvalue weighted by atomic mass is 16.2. The van der Waals surface area contributed by atoms with Gasteiger partial charge in [0, 0.05) is 19.1 Å². The molecule has 2 rings (SSSR count). The zero-order valence-electron chi connectivity index (χ0n) is 11.7. The van der Waals surface area contributed by atoms with E-state index in [2.05, 4.69) is 41.1 Å². The van der Waals surface area contributed by atoms with Crippen molar-refractivity contribution in [1.82, 2.24) is 16.0 Å². The highest BCUT2D eigenvalue weighted by molar-refractivity contribution is 5.74. The summed E-state index contributed by atoms with van der Waals surface area (Å²) in [6.07, 6.45) is 11.0. The van der Waals surface area contributed by atoms with E-state index in [1.165, 1.54) is 18.4 Å². The second-order valence-electron chi connectivity index (χ2n) is 5.40. The maximum atomic E-state index is 11.7. The minimum Gasteiger partial charge on any atom is -0.338 e. The first-order valence-electron chi connectivity index (χ1n) is 7.40. The summed E-state index contributed by atoms with van der Waals surface area (Å²) in [6, 6.07) is 0.117. The maximum absolute atomic E-state index is 11.7. The van der Waals surface area contributed by atoms with Crippen LogP contribution in [0.2, 0.25) is 0 Å². The average Bonchev–Trinajstić information content (AvgIpc) is 3.22. The van der Waals surface area contributed by atoms with E-state index in [0.29, 0.717) is 0 Å². The molecule has 0 aliphatic heterocycles. The van der Waals surface area contributed by atoms with Gasteiger partial charge in [0.15, 0.2) is 0 Å². The van der Waals surface area contributed by atoms with Crippen molar-refractivity contribution in [1.29, 1.82) is 0 Å². The first-order chi connectivity index (χ1) is 9.28. The van der Waals surface area contributed by atoms with E-state index in [1.807, 2.05) is 0 Å². The molecule has 0 aromatic heterocycles. The van der Waals surface area contributed by atoms with Gasteiger partial charge in [-0.2, -0.15) is 0 Å². The molecule has 2 aliphatic rings. The second kappa shape index (κ2) is 7.34. The third-order valence-corrected chi connectivity index (χ3v) is 3.57. The normalized spacial score (nSPS) is 22.6. The number of likely N-dealkylation sites (N-methyl/N-ethyl adjacent to an activating group) is 1. The van der Waals surface area contributed by atoms with E-state index in [0.717, 1.165) is 38.4 Å². The van der Waals surface area contributed by atoms with Crippen LogP contribution >= 0.6 is 0 Å². The predicted octanol–water partition coefficient (Wildman–Crippen LogP) is 1.95. The molecule has 0 aromatic rings. The number of carbonyl (C=O) groups is 1. The Morgan fingerprint density at radius 3 is 2.95 bits per heavy atom. The van der Waals surface area contributed by atoms with Crippen LogP contribution in [0.3, 0.4) is 0 Å². The summed E-state index contributed by atoms with van der Waals surface area (Å²) in [7, 11) is 0. The third-order valence-electron chi connectivity index (χ3n) is 3.57. The number of rotatable bonds is 6. The molecule has 3 N–H and O–H groups in total. The predicted molar refractivity (Wildman–Crippen MR) is 78.0 cm³/mol. The van der Waals surface area contributed by atoms with Crippen molar-refractivity contribution in [3.8, 4) is 0 Å². The molecule has 1 saturated carbocycles. The Kier molecular flexibility index (Phi) is 5.45. The van der Waals surface area contributed by atoms with Crippen LogP contribution in [0.1, 0.15) is 32.6 Å². The summed E-state index contributed by atoms with van der Waals surface area (Å²) < 4.78 is 0. The van der Waals surface area contributed by atoms with E-state index >= 15 is 0 Å². The van der Waals surface area contributed by atoms with Crippen LogP contribution < -0.4 is 16.0 Å². The fraction of sp³-hybridized carbons (Fsp3) is 0.667. The quantitative estimate of drug-likeness (QED) is 0.686.